The molecule has 0 radical (unpaired) electrons. The minimum absolute atomic E-state index is 0.160. The molecule has 104 valence electrons. The molecule has 1 rings (SSSR count). The van der Waals surface area contributed by atoms with Crippen LogP contribution in [0, 0.1) is 0 Å². The van der Waals surface area contributed by atoms with Gasteiger partial charge in [0.05, 0.1) is 12.5 Å². The van der Waals surface area contributed by atoms with Crippen LogP contribution >= 0.6 is 0 Å². The van der Waals surface area contributed by atoms with Gasteiger partial charge in [0, 0.05) is 19.5 Å². The Labute approximate surface area is 113 Å². The first kappa shape index (κ1) is 15.2. The van der Waals surface area contributed by atoms with Crippen molar-refractivity contribution < 1.29 is 14.3 Å². The van der Waals surface area contributed by atoms with Gasteiger partial charge in [0.25, 0.3) is 0 Å². The highest BCUT2D eigenvalue weighted by Gasteiger charge is 2.22. The zero-order valence-electron chi connectivity index (χ0n) is 11.1. The van der Waals surface area contributed by atoms with E-state index in [2.05, 4.69) is 5.32 Å². The van der Waals surface area contributed by atoms with E-state index in [-0.39, 0.29) is 24.8 Å². The van der Waals surface area contributed by atoms with Crippen LogP contribution in [0.3, 0.4) is 0 Å². The number of esters is 1. The lowest BCUT2D eigenvalue weighted by Gasteiger charge is -2.16. The molecule has 0 aliphatic carbocycles. The summed E-state index contributed by atoms with van der Waals surface area (Å²) in [6, 6.07) is 9.26. The lowest BCUT2D eigenvalue weighted by molar-refractivity contribution is -0.144. The number of ether oxygens (including phenoxy) is 1. The summed E-state index contributed by atoms with van der Waals surface area (Å²) in [5.41, 5.74) is 6.13. The predicted molar refractivity (Wildman–Crippen MR) is 72.5 cm³/mol. The van der Waals surface area contributed by atoms with Crippen molar-refractivity contribution in [1.29, 1.82) is 0 Å². The molecule has 3 N–H and O–H groups in total. The summed E-state index contributed by atoms with van der Waals surface area (Å²) < 4.78 is 5.04. The maximum Gasteiger partial charge on any atom is 0.315 e. The minimum Gasteiger partial charge on any atom is -0.465 e. The molecule has 0 spiro atoms. The summed E-state index contributed by atoms with van der Waals surface area (Å²) in [5.74, 6) is -0.975. The zero-order chi connectivity index (χ0) is 14.1. The summed E-state index contributed by atoms with van der Waals surface area (Å²) in [4.78, 5) is 23.3. The molecule has 1 aromatic rings. The summed E-state index contributed by atoms with van der Waals surface area (Å²) in [7, 11) is 0. The number of rotatable bonds is 7. The van der Waals surface area contributed by atoms with E-state index >= 15 is 0 Å². The number of benzene rings is 1. The Morgan fingerprint density at radius 3 is 2.58 bits per heavy atom. The second-order valence-corrected chi connectivity index (χ2v) is 4.06. The van der Waals surface area contributed by atoms with Crippen molar-refractivity contribution in [2.75, 3.05) is 19.7 Å². The summed E-state index contributed by atoms with van der Waals surface area (Å²) in [5, 5.41) is 2.70. The van der Waals surface area contributed by atoms with Gasteiger partial charge in [-0.05, 0) is 12.5 Å². The molecule has 1 aromatic carbocycles. The van der Waals surface area contributed by atoms with E-state index in [1.54, 1.807) is 6.92 Å². The third-order valence-electron chi connectivity index (χ3n) is 2.65. The quantitative estimate of drug-likeness (QED) is 0.714. The van der Waals surface area contributed by atoms with Crippen LogP contribution in [0.2, 0.25) is 0 Å². The van der Waals surface area contributed by atoms with Gasteiger partial charge in [-0.1, -0.05) is 30.3 Å². The van der Waals surface area contributed by atoms with Crippen molar-refractivity contribution in [2.24, 2.45) is 5.73 Å². The Balaban J connectivity index is 2.70. The van der Waals surface area contributed by atoms with Crippen LogP contribution in [0.1, 0.15) is 24.8 Å². The van der Waals surface area contributed by atoms with Gasteiger partial charge in [0.2, 0.25) is 5.91 Å². The highest BCUT2D eigenvalue weighted by molar-refractivity contribution is 5.81. The van der Waals surface area contributed by atoms with Gasteiger partial charge in [-0.15, -0.1) is 0 Å². The van der Waals surface area contributed by atoms with Gasteiger partial charge >= 0.3 is 5.97 Å². The molecule has 5 nitrogen and oxygen atoms in total. The van der Waals surface area contributed by atoms with E-state index in [4.69, 9.17) is 10.5 Å². The average Bonchev–Trinajstić information content (AvgIpc) is 2.41. The highest BCUT2D eigenvalue weighted by atomic mass is 16.5. The van der Waals surface area contributed by atoms with E-state index in [1.807, 2.05) is 30.3 Å². The molecule has 0 aliphatic heterocycles. The Kier molecular flexibility index (Phi) is 6.60. The molecular formula is C14H20N2O3. The first-order chi connectivity index (χ1) is 9.19. The van der Waals surface area contributed by atoms with Crippen molar-refractivity contribution in [2.45, 2.75) is 19.3 Å². The molecule has 0 heterocycles. The summed E-state index contributed by atoms with van der Waals surface area (Å²) in [6.07, 6.45) is 0.254. The van der Waals surface area contributed by atoms with Crippen LogP contribution in [-0.4, -0.2) is 31.6 Å². The van der Waals surface area contributed by atoms with Gasteiger partial charge in [0.15, 0.2) is 0 Å². The second kappa shape index (κ2) is 8.26. The molecule has 0 fully saturated rings. The molecule has 0 saturated carbocycles. The summed E-state index contributed by atoms with van der Waals surface area (Å²) in [6.45, 7) is 2.59. The third-order valence-corrected chi connectivity index (χ3v) is 2.65. The van der Waals surface area contributed by atoms with Crippen LogP contribution < -0.4 is 11.1 Å². The number of carbonyl (C=O) groups is 2. The molecule has 5 heteroatoms. The normalized spacial score (nSPS) is 11.7. The molecule has 19 heavy (non-hydrogen) atoms. The monoisotopic (exact) mass is 264 g/mol. The predicted octanol–water partition coefficient (Wildman–Crippen LogP) is 0.798. The topological polar surface area (TPSA) is 81.4 Å². The molecule has 0 saturated heterocycles. The van der Waals surface area contributed by atoms with E-state index < -0.39 is 5.92 Å². The van der Waals surface area contributed by atoms with Crippen molar-refractivity contribution >= 4 is 11.9 Å². The van der Waals surface area contributed by atoms with E-state index in [9.17, 15) is 9.59 Å². The smallest absolute Gasteiger partial charge is 0.315 e. The average molecular weight is 264 g/mol. The Hall–Kier alpha value is -1.88. The molecule has 0 aromatic heterocycles. The molecular weight excluding hydrogens is 244 g/mol. The van der Waals surface area contributed by atoms with Crippen LogP contribution in [-0.2, 0) is 14.3 Å². The standard InChI is InChI=1S/C14H20N2O3/c1-2-19-14(18)12(10-16-13(17)8-9-15)11-6-4-3-5-7-11/h3-7,12H,2,8-10,15H2,1H3,(H,16,17). The number of carbonyl (C=O) groups excluding carboxylic acids is 2. The van der Waals surface area contributed by atoms with E-state index in [0.29, 0.717) is 13.2 Å². The lowest BCUT2D eigenvalue weighted by Crippen LogP contribution is -2.33. The van der Waals surface area contributed by atoms with Gasteiger partial charge < -0.3 is 15.8 Å². The maximum atomic E-state index is 11.9. The SMILES string of the molecule is CCOC(=O)C(CNC(=O)CCN)c1ccccc1. The van der Waals surface area contributed by atoms with Gasteiger partial charge in [-0.25, -0.2) is 0 Å². The second-order valence-electron chi connectivity index (χ2n) is 4.06. The number of hydrogen-bond donors (Lipinski definition) is 2. The highest BCUT2D eigenvalue weighted by Crippen LogP contribution is 2.16. The van der Waals surface area contributed by atoms with Crippen molar-refractivity contribution in [3.63, 3.8) is 0 Å². The molecule has 1 atom stereocenters. The van der Waals surface area contributed by atoms with Gasteiger partial charge in [0.1, 0.15) is 0 Å². The van der Waals surface area contributed by atoms with Crippen LogP contribution in [0.4, 0.5) is 0 Å². The first-order valence-electron chi connectivity index (χ1n) is 6.37. The number of amides is 1. The fraction of sp³-hybridized carbons (Fsp3) is 0.429. The third kappa shape index (κ3) is 5.09. The Morgan fingerprint density at radius 1 is 1.32 bits per heavy atom. The number of nitrogens with two attached hydrogens (primary N) is 1. The fourth-order valence-electron chi connectivity index (χ4n) is 1.70. The molecule has 0 bridgehead atoms. The van der Waals surface area contributed by atoms with Gasteiger partial charge in [-0.3, -0.25) is 9.59 Å². The molecule has 1 unspecified atom stereocenters. The summed E-state index contributed by atoms with van der Waals surface area (Å²) >= 11 is 0. The van der Waals surface area contributed by atoms with Crippen LogP contribution in [0.5, 0.6) is 0 Å². The van der Waals surface area contributed by atoms with Gasteiger partial charge in [-0.2, -0.15) is 0 Å². The largest absolute Gasteiger partial charge is 0.465 e. The molecule has 1 amide bonds. The molecule has 0 aliphatic rings. The Bertz CT molecular complexity index is 406. The minimum atomic E-state index is -0.483. The van der Waals surface area contributed by atoms with Crippen molar-refractivity contribution in [1.82, 2.24) is 5.32 Å². The van der Waals surface area contributed by atoms with Crippen LogP contribution in [0.15, 0.2) is 30.3 Å². The Morgan fingerprint density at radius 2 is 2.00 bits per heavy atom. The maximum absolute atomic E-state index is 11.9. The number of hydrogen-bond acceptors (Lipinski definition) is 4. The first-order valence-corrected chi connectivity index (χ1v) is 6.37. The van der Waals surface area contributed by atoms with Crippen LogP contribution in [0.25, 0.3) is 0 Å². The zero-order valence-corrected chi connectivity index (χ0v) is 11.1. The van der Waals surface area contributed by atoms with E-state index in [1.165, 1.54) is 0 Å². The fourth-order valence-corrected chi connectivity index (χ4v) is 1.70. The van der Waals surface area contributed by atoms with Crippen molar-refractivity contribution in [3.8, 4) is 0 Å². The lowest BCUT2D eigenvalue weighted by atomic mass is 9.99. The number of nitrogens with one attached hydrogen (secondary N) is 1. The van der Waals surface area contributed by atoms with Crippen molar-refractivity contribution in [3.05, 3.63) is 35.9 Å². The van der Waals surface area contributed by atoms with E-state index in [0.717, 1.165) is 5.56 Å².